The number of amides is 1. The third-order valence-electron chi connectivity index (χ3n) is 4.57. The summed E-state index contributed by atoms with van der Waals surface area (Å²) in [5.41, 5.74) is 2.72. The fraction of sp³-hybridized carbons (Fsp3) is 0.444. The molecule has 0 aromatic heterocycles. The monoisotopic (exact) mass is 329 g/mol. The number of nitrogens with zero attached hydrogens (tertiary/aromatic N) is 2. The van der Waals surface area contributed by atoms with Gasteiger partial charge in [0.2, 0.25) is 0 Å². The first-order valence-electron chi connectivity index (χ1n) is 8.20. The smallest absolute Gasteiger partial charge is 0.276 e. The molecule has 1 aromatic carbocycles. The third-order valence-corrected chi connectivity index (χ3v) is 4.87. The molecule has 2 fully saturated rings. The van der Waals surface area contributed by atoms with Gasteiger partial charge in [-0.1, -0.05) is 31.4 Å². The van der Waals surface area contributed by atoms with Crippen molar-refractivity contribution in [2.75, 3.05) is 19.0 Å². The van der Waals surface area contributed by atoms with Crippen molar-refractivity contribution in [2.24, 2.45) is 0 Å². The number of hydrogen-bond donors (Lipinski definition) is 1. The van der Waals surface area contributed by atoms with E-state index in [9.17, 15) is 4.79 Å². The van der Waals surface area contributed by atoms with Crippen LogP contribution in [0.3, 0.4) is 0 Å². The van der Waals surface area contributed by atoms with Gasteiger partial charge in [0.15, 0.2) is 5.11 Å². The van der Waals surface area contributed by atoms with Gasteiger partial charge in [0.1, 0.15) is 5.70 Å². The molecule has 0 unspecified atom stereocenters. The SMILES string of the molecule is CN(C)c1ccc(/C=C2/NC(=S)N(C3CCCCC3)C2=O)cc1. The highest BCUT2D eigenvalue weighted by molar-refractivity contribution is 7.80. The maximum Gasteiger partial charge on any atom is 0.276 e. The Bertz CT molecular complexity index is 630. The minimum absolute atomic E-state index is 0.0126. The summed E-state index contributed by atoms with van der Waals surface area (Å²) in [4.78, 5) is 16.5. The molecule has 0 bridgehead atoms. The molecular weight excluding hydrogens is 306 g/mol. The van der Waals surface area contributed by atoms with Crippen molar-refractivity contribution in [1.29, 1.82) is 0 Å². The van der Waals surface area contributed by atoms with Gasteiger partial charge in [-0.25, -0.2) is 0 Å². The number of carbonyl (C=O) groups is 1. The lowest BCUT2D eigenvalue weighted by Crippen LogP contribution is -2.41. The van der Waals surface area contributed by atoms with Gasteiger partial charge in [-0.3, -0.25) is 9.69 Å². The number of carbonyl (C=O) groups excluding carboxylic acids is 1. The van der Waals surface area contributed by atoms with Crippen LogP contribution in [-0.4, -0.2) is 36.1 Å². The minimum Gasteiger partial charge on any atom is -0.378 e. The van der Waals surface area contributed by atoms with Crippen LogP contribution in [0.15, 0.2) is 30.0 Å². The van der Waals surface area contributed by atoms with E-state index in [1.807, 2.05) is 44.4 Å². The Morgan fingerprint density at radius 3 is 2.43 bits per heavy atom. The average Bonchev–Trinajstić information content (AvgIpc) is 2.82. The van der Waals surface area contributed by atoms with Crippen LogP contribution in [0.2, 0.25) is 0 Å². The summed E-state index contributed by atoms with van der Waals surface area (Å²) < 4.78 is 0. The zero-order valence-electron chi connectivity index (χ0n) is 13.7. The molecule has 23 heavy (non-hydrogen) atoms. The Morgan fingerprint density at radius 1 is 1.17 bits per heavy atom. The molecule has 1 aliphatic carbocycles. The first kappa shape index (κ1) is 16.0. The van der Waals surface area contributed by atoms with Gasteiger partial charge in [-0.15, -0.1) is 0 Å². The number of nitrogens with one attached hydrogen (secondary N) is 1. The summed E-state index contributed by atoms with van der Waals surface area (Å²) in [5.74, 6) is 0.0126. The maximum absolute atomic E-state index is 12.7. The van der Waals surface area contributed by atoms with Crippen LogP contribution in [0.5, 0.6) is 0 Å². The second-order valence-corrected chi connectivity index (χ2v) is 6.83. The first-order chi connectivity index (χ1) is 11.1. The van der Waals surface area contributed by atoms with Gasteiger partial charge in [0, 0.05) is 25.8 Å². The second kappa shape index (κ2) is 6.71. The number of rotatable bonds is 3. The Labute approximate surface area is 143 Å². The zero-order chi connectivity index (χ0) is 16.4. The van der Waals surface area contributed by atoms with E-state index in [0.717, 1.165) is 24.1 Å². The lowest BCUT2D eigenvalue weighted by atomic mass is 9.94. The van der Waals surface area contributed by atoms with Gasteiger partial charge >= 0.3 is 0 Å². The van der Waals surface area contributed by atoms with Gasteiger partial charge in [0.25, 0.3) is 5.91 Å². The highest BCUT2D eigenvalue weighted by Crippen LogP contribution is 2.27. The molecule has 1 aromatic rings. The van der Waals surface area contributed by atoms with Crippen molar-refractivity contribution >= 4 is 35.0 Å². The Morgan fingerprint density at radius 2 is 1.83 bits per heavy atom. The topological polar surface area (TPSA) is 35.6 Å². The summed E-state index contributed by atoms with van der Waals surface area (Å²) in [6, 6.07) is 8.39. The van der Waals surface area contributed by atoms with Crippen LogP contribution in [0.25, 0.3) is 6.08 Å². The van der Waals surface area contributed by atoms with E-state index >= 15 is 0 Å². The molecule has 0 spiro atoms. The third kappa shape index (κ3) is 3.39. The normalized spacial score (nSPS) is 21.0. The van der Waals surface area contributed by atoms with Crippen LogP contribution < -0.4 is 10.2 Å². The number of hydrogen-bond acceptors (Lipinski definition) is 3. The number of benzene rings is 1. The summed E-state index contributed by atoms with van der Waals surface area (Å²) in [7, 11) is 4.02. The predicted molar refractivity (Wildman–Crippen MR) is 98.2 cm³/mol. The van der Waals surface area contributed by atoms with Crippen molar-refractivity contribution in [3.63, 3.8) is 0 Å². The molecule has 1 heterocycles. The van der Waals surface area contributed by atoms with Gasteiger partial charge in [0.05, 0.1) is 0 Å². The van der Waals surface area contributed by atoms with Crippen LogP contribution >= 0.6 is 12.2 Å². The van der Waals surface area contributed by atoms with E-state index in [1.165, 1.54) is 19.3 Å². The molecule has 3 rings (SSSR count). The second-order valence-electron chi connectivity index (χ2n) is 6.44. The minimum atomic E-state index is 0.0126. The lowest BCUT2D eigenvalue weighted by Gasteiger charge is -2.29. The summed E-state index contributed by atoms with van der Waals surface area (Å²) in [5, 5.41) is 3.65. The Kier molecular flexibility index (Phi) is 4.66. The fourth-order valence-corrected chi connectivity index (χ4v) is 3.60. The Balaban J connectivity index is 1.78. The molecular formula is C18H23N3OS. The van der Waals surface area contributed by atoms with Gasteiger partial charge in [-0.2, -0.15) is 0 Å². The largest absolute Gasteiger partial charge is 0.378 e. The predicted octanol–water partition coefficient (Wildman–Crippen LogP) is 3.14. The summed E-state index contributed by atoms with van der Waals surface area (Å²) >= 11 is 5.39. The molecule has 1 aliphatic heterocycles. The molecule has 1 amide bonds. The fourth-order valence-electron chi connectivity index (χ4n) is 3.25. The van der Waals surface area contributed by atoms with E-state index in [-0.39, 0.29) is 11.9 Å². The summed E-state index contributed by atoms with van der Waals surface area (Å²) in [6.45, 7) is 0. The van der Waals surface area contributed by atoms with E-state index < -0.39 is 0 Å². The maximum atomic E-state index is 12.7. The van der Waals surface area contributed by atoms with Gasteiger partial charge in [-0.05, 0) is 48.8 Å². The molecule has 0 atom stereocenters. The highest BCUT2D eigenvalue weighted by atomic mass is 32.1. The molecule has 2 aliphatic rings. The summed E-state index contributed by atoms with van der Waals surface area (Å²) in [6.07, 6.45) is 7.62. The van der Waals surface area contributed by atoms with Crippen LogP contribution in [0.4, 0.5) is 5.69 Å². The molecule has 1 saturated heterocycles. The average molecular weight is 329 g/mol. The van der Waals surface area contributed by atoms with E-state index in [1.54, 1.807) is 4.90 Å². The standard InChI is InChI=1S/C18H23N3OS/c1-20(2)14-10-8-13(9-11-14)12-16-17(22)21(18(23)19-16)15-6-4-3-5-7-15/h8-12,15H,3-7H2,1-2H3,(H,19,23)/b16-12+. The van der Waals surface area contributed by atoms with Gasteiger partial charge < -0.3 is 10.2 Å². The first-order valence-corrected chi connectivity index (χ1v) is 8.61. The zero-order valence-corrected chi connectivity index (χ0v) is 14.5. The molecule has 1 saturated carbocycles. The van der Waals surface area contributed by atoms with Crippen LogP contribution in [0.1, 0.15) is 37.7 Å². The molecule has 0 radical (unpaired) electrons. The number of thiocarbonyl (C=S) groups is 1. The highest BCUT2D eigenvalue weighted by Gasteiger charge is 2.36. The molecule has 5 heteroatoms. The van der Waals surface area contributed by atoms with Crippen LogP contribution in [-0.2, 0) is 4.79 Å². The van der Waals surface area contributed by atoms with E-state index in [0.29, 0.717) is 10.8 Å². The van der Waals surface area contributed by atoms with E-state index in [4.69, 9.17) is 12.2 Å². The van der Waals surface area contributed by atoms with E-state index in [2.05, 4.69) is 10.2 Å². The molecule has 122 valence electrons. The lowest BCUT2D eigenvalue weighted by molar-refractivity contribution is -0.124. The van der Waals surface area contributed by atoms with Crippen molar-refractivity contribution in [2.45, 2.75) is 38.1 Å². The molecule has 4 nitrogen and oxygen atoms in total. The van der Waals surface area contributed by atoms with Crippen molar-refractivity contribution < 1.29 is 4.79 Å². The van der Waals surface area contributed by atoms with Crippen LogP contribution in [0, 0.1) is 0 Å². The molecule has 1 N–H and O–H groups in total. The quantitative estimate of drug-likeness (QED) is 0.683. The van der Waals surface area contributed by atoms with Crippen molar-refractivity contribution in [3.05, 3.63) is 35.5 Å². The number of anilines is 1. The van der Waals surface area contributed by atoms with Crippen molar-refractivity contribution in [1.82, 2.24) is 10.2 Å². The Hall–Kier alpha value is -1.88. The van der Waals surface area contributed by atoms with Crippen molar-refractivity contribution in [3.8, 4) is 0 Å².